The van der Waals surface area contributed by atoms with Gasteiger partial charge in [0.1, 0.15) is 0 Å². The number of carbonyl (C=O) groups excluding carboxylic acids is 3. The fourth-order valence-electron chi connectivity index (χ4n) is 3.62. The number of amides is 1. The molecule has 0 radical (unpaired) electrons. The van der Waals surface area contributed by atoms with Crippen LogP contribution in [0.15, 0.2) is 48.5 Å². The predicted molar refractivity (Wildman–Crippen MR) is 128 cm³/mol. The molecule has 6 nitrogen and oxygen atoms in total. The normalized spacial score (nSPS) is 11.0. The van der Waals surface area contributed by atoms with Crippen molar-refractivity contribution in [2.75, 3.05) is 18.5 Å². The van der Waals surface area contributed by atoms with Crippen LogP contribution >= 0.6 is 15.9 Å². The van der Waals surface area contributed by atoms with E-state index < -0.39 is 23.4 Å². The lowest BCUT2D eigenvalue weighted by molar-refractivity contribution is -0.168. The maximum atomic E-state index is 12.9. The van der Waals surface area contributed by atoms with Crippen molar-refractivity contribution in [1.29, 1.82) is 0 Å². The fraction of sp³-hybridized carbons (Fsp3) is 0.400. The van der Waals surface area contributed by atoms with Gasteiger partial charge in [-0.3, -0.25) is 4.79 Å². The highest BCUT2D eigenvalue weighted by Crippen LogP contribution is 2.28. The van der Waals surface area contributed by atoms with E-state index in [0.717, 1.165) is 29.3 Å². The average molecular weight is 504 g/mol. The van der Waals surface area contributed by atoms with Gasteiger partial charge in [-0.05, 0) is 48.9 Å². The van der Waals surface area contributed by atoms with Crippen LogP contribution in [-0.4, -0.2) is 41.9 Å². The Morgan fingerprint density at radius 2 is 1.62 bits per heavy atom. The van der Waals surface area contributed by atoms with Gasteiger partial charge in [-0.15, -0.1) is 0 Å². The molecule has 0 spiro atoms. The smallest absolute Gasteiger partial charge is 0.344 e. The summed E-state index contributed by atoms with van der Waals surface area (Å²) in [5.74, 6) is -2.20. The second kappa shape index (κ2) is 12.4. The highest BCUT2D eigenvalue weighted by Gasteiger charge is 2.50. The zero-order valence-electron chi connectivity index (χ0n) is 18.8. The topological polar surface area (TPSA) is 81.7 Å². The van der Waals surface area contributed by atoms with Crippen LogP contribution in [-0.2, 0) is 36.7 Å². The Kier molecular flexibility index (Phi) is 9.91. The van der Waals surface area contributed by atoms with E-state index in [9.17, 15) is 14.4 Å². The van der Waals surface area contributed by atoms with Crippen LogP contribution in [0.5, 0.6) is 0 Å². The molecule has 1 N–H and O–H groups in total. The number of carbonyl (C=O) groups is 3. The Bertz CT molecular complexity index is 925. The summed E-state index contributed by atoms with van der Waals surface area (Å²) >= 11 is 3.48. The Labute approximate surface area is 197 Å². The molecule has 172 valence electrons. The first kappa shape index (κ1) is 25.6. The predicted octanol–water partition coefficient (Wildman–Crippen LogP) is 4.22. The van der Waals surface area contributed by atoms with Gasteiger partial charge in [0.15, 0.2) is 0 Å². The molecule has 2 aromatic carbocycles. The number of hydrogen-bond donors (Lipinski definition) is 1. The van der Waals surface area contributed by atoms with Crippen molar-refractivity contribution in [2.24, 2.45) is 0 Å². The van der Waals surface area contributed by atoms with Gasteiger partial charge in [-0.25, -0.2) is 9.59 Å². The Morgan fingerprint density at radius 1 is 0.969 bits per heavy atom. The van der Waals surface area contributed by atoms with Gasteiger partial charge in [0.25, 0.3) is 0 Å². The molecule has 0 bridgehead atoms. The first-order chi connectivity index (χ1) is 15.4. The van der Waals surface area contributed by atoms with E-state index in [2.05, 4.69) is 33.4 Å². The van der Waals surface area contributed by atoms with Crippen molar-refractivity contribution >= 4 is 33.8 Å². The van der Waals surface area contributed by atoms with Gasteiger partial charge in [0.2, 0.25) is 11.4 Å². The summed E-state index contributed by atoms with van der Waals surface area (Å²) in [7, 11) is 0. The second-order valence-corrected chi connectivity index (χ2v) is 8.15. The number of aryl methyl sites for hydroxylation is 1. The van der Waals surface area contributed by atoms with Crippen molar-refractivity contribution in [3.05, 3.63) is 59.7 Å². The molecule has 0 atom stereocenters. The molecule has 0 aliphatic heterocycles. The van der Waals surface area contributed by atoms with Crippen molar-refractivity contribution in [3.63, 3.8) is 0 Å². The summed E-state index contributed by atoms with van der Waals surface area (Å²) in [6, 6.07) is 15.8. The molecule has 0 aliphatic carbocycles. The second-order valence-electron chi connectivity index (χ2n) is 7.35. The van der Waals surface area contributed by atoms with Crippen molar-refractivity contribution in [1.82, 2.24) is 5.32 Å². The van der Waals surface area contributed by atoms with E-state index in [1.807, 2.05) is 36.4 Å². The summed E-state index contributed by atoms with van der Waals surface area (Å²) in [5.41, 5.74) is 2.02. The fourth-order valence-corrected chi connectivity index (χ4v) is 3.90. The number of esters is 2. The third kappa shape index (κ3) is 6.42. The number of hydrogen-bond acceptors (Lipinski definition) is 5. The van der Waals surface area contributed by atoms with E-state index in [4.69, 9.17) is 9.47 Å². The largest absolute Gasteiger partial charge is 0.464 e. The highest BCUT2D eigenvalue weighted by atomic mass is 79.9. The van der Waals surface area contributed by atoms with Gasteiger partial charge in [-0.1, -0.05) is 64.5 Å². The lowest BCUT2D eigenvalue weighted by Crippen LogP contribution is -2.62. The molecular weight excluding hydrogens is 474 g/mol. The van der Waals surface area contributed by atoms with E-state index in [1.54, 1.807) is 13.8 Å². The maximum absolute atomic E-state index is 12.9. The number of ether oxygens (including phenoxy) is 2. The van der Waals surface area contributed by atoms with Crippen LogP contribution in [0.25, 0.3) is 11.1 Å². The molecule has 1 amide bonds. The number of halogens is 1. The van der Waals surface area contributed by atoms with Crippen LogP contribution in [0.4, 0.5) is 0 Å². The minimum atomic E-state index is -1.95. The molecule has 32 heavy (non-hydrogen) atoms. The minimum Gasteiger partial charge on any atom is -0.464 e. The molecule has 0 saturated carbocycles. The van der Waals surface area contributed by atoms with Crippen LogP contribution in [0.2, 0.25) is 0 Å². The van der Waals surface area contributed by atoms with Gasteiger partial charge in [0, 0.05) is 18.7 Å². The van der Waals surface area contributed by atoms with Crippen LogP contribution in [0.3, 0.4) is 0 Å². The first-order valence-corrected chi connectivity index (χ1v) is 11.9. The molecular formula is C25H30BrNO5. The van der Waals surface area contributed by atoms with E-state index in [-0.39, 0.29) is 19.6 Å². The van der Waals surface area contributed by atoms with Crippen LogP contribution in [0, 0.1) is 0 Å². The van der Waals surface area contributed by atoms with E-state index in [1.165, 1.54) is 12.5 Å². The molecule has 0 fully saturated rings. The molecule has 0 aliphatic rings. The highest BCUT2D eigenvalue weighted by molar-refractivity contribution is 9.09. The Hall–Kier alpha value is -2.67. The van der Waals surface area contributed by atoms with Gasteiger partial charge < -0.3 is 14.8 Å². The number of alkyl halides is 1. The maximum Gasteiger partial charge on any atom is 0.344 e. The lowest BCUT2D eigenvalue weighted by Gasteiger charge is -2.30. The SMILES string of the molecule is CCOC(=O)C(Cc1cccc(-c2ccccc2CCCBr)c1)(NC(C)=O)C(=O)OCC. The van der Waals surface area contributed by atoms with Gasteiger partial charge >= 0.3 is 11.9 Å². The third-order valence-electron chi connectivity index (χ3n) is 4.94. The van der Waals surface area contributed by atoms with Crippen molar-refractivity contribution in [3.8, 4) is 11.1 Å². The van der Waals surface area contributed by atoms with Crippen LogP contribution < -0.4 is 5.32 Å². The molecule has 2 aromatic rings. The summed E-state index contributed by atoms with van der Waals surface area (Å²) in [4.78, 5) is 37.8. The van der Waals surface area contributed by atoms with Crippen LogP contribution in [0.1, 0.15) is 38.3 Å². The molecule has 7 heteroatoms. The molecule has 0 saturated heterocycles. The third-order valence-corrected chi connectivity index (χ3v) is 5.50. The van der Waals surface area contributed by atoms with Crippen molar-refractivity contribution < 1.29 is 23.9 Å². The molecule has 0 unspecified atom stereocenters. The Balaban J connectivity index is 2.50. The van der Waals surface area contributed by atoms with E-state index in [0.29, 0.717) is 5.56 Å². The van der Waals surface area contributed by atoms with Crippen molar-refractivity contribution in [2.45, 2.75) is 45.6 Å². The minimum absolute atomic E-state index is 0.0700. The lowest BCUT2D eigenvalue weighted by atomic mass is 9.88. The monoisotopic (exact) mass is 503 g/mol. The molecule has 0 aromatic heterocycles. The van der Waals surface area contributed by atoms with Gasteiger partial charge in [0.05, 0.1) is 13.2 Å². The summed E-state index contributed by atoms with van der Waals surface area (Å²) in [6.07, 6.45) is 1.85. The first-order valence-electron chi connectivity index (χ1n) is 10.7. The molecule has 2 rings (SSSR count). The summed E-state index contributed by atoms with van der Waals surface area (Å²) < 4.78 is 10.3. The number of benzene rings is 2. The number of nitrogens with one attached hydrogen (secondary N) is 1. The average Bonchev–Trinajstić information content (AvgIpc) is 2.77. The zero-order valence-corrected chi connectivity index (χ0v) is 20.4. The Morgan fingerprint density at radius 3 is 2.22 bits per heavy atom. The quantitative estimate of drug-likeness (QED) is 0.282. The summed E-state index contributed by atoms with van der Waals surface area (Å²) in [6.45, 7) is 4.68. The van der Waals surface area contributed by atoms with E-state index >= 15 is 0 Å². The number of rotatable bonds is 11. The standard InChI is InChI=1S/C25H30BrNO5/c1-4-31-23(29)25(27-18(3)28,24(30)32-5-2)17-19-10-8-12-21(16-19)22-14-7-6-11-20(22)13-9-15-26/h6-8,10-12,14,16H,4-5,9,13,15,17H2,1-3H3,(H,27,28). The summed E-state index contributed by atoms with van der Waals surface area (Å²) in [5, 5.41) is 3.43. The zero-order chi connectivity index (χ0) is 23.6. The van der Waals surface area contributed by atoms with Gasteiger partial charge in [-0.2, -0.15) is 0 Å². The molecule has 0 heterocycles.